The molecule has 0 radical (unpaired) electrons. The van der Waals surface area contributed by atoms with Gasteiger partial charge in [-0.05, 0) is 26.3 Å². The summed E-state index contributed by atoms with van der Waals surface area (Å²) in [5.74, 6) is 0. The van der Waals surface area contributed by atoms with Gasteiger partial charge < -0.3 is 15.0 Å². The SMILES string of the molecule is CCNC(C)c1csc(N(CCOC)C2CC2)n1. The fourth-order valence-corrected chi connectivity index (χ4v) is 3.04. The number of aromatic nitrogens is 1. The number of thiazole rings is 1. The van der Waals surface area contributed by atoms with Gasteiger partial charge in [0.15, 0.2) is 5.13 Å². The van der Waals surface area contributed by atoms with Crippen molar-refractivity contribution in [2.45, 2.75) is 38.8 Å². The molecular weight excluding hydrogens is 246 g/mol. The quantitative estimate of drug-likeness (QED) is 0.786. The Hall–Kier alpha value is -0.650. The second kappa shape index (κ2) is 6.50. The Balaban J connectivity index is 2.01. The molecular formula is C13H23N3OS. The first kappa shape index (κ1) is 13.8. The molecule has 18 heavy (non-hydrogen) atoms. The molecule has 1 fully saturated rings. The van der Waals surface area contributed by atoms with Gasteiger partial charge >= 0.3 is 0 Å². The van der Waals surface area contributed by atoms with Crippen molar-refractivity contribution in [3.63, 3.8) is 0 Å². The number of hydrogen-bond donors (Lipinski definition) is 1. The molecule has 0 bridgehead atoms. The highest BCUT2D eigenvalue weighted by molar-refractivity contribution is 7.13. The van der Waals surface area contributed by atoms with Crippen LogP contribution in [0.5, 0.6) is 0 Å². The fraction of sp³-hybridized carbons (Fsp3) is 0.769. The van der Waals surface area contributed by atoms with Crippen molar-refractivity contribution in [2.75, 3.05) is 31.7 Å². The smallest absolute Gasteiger partial charge is 0.185 e. The summed E-state index contributed by atoms with van der Waals surface area (Å²) < 4.78 is 5.19. The van der Waals surface area contributed by atoms with E-state index in [9.17, 15) is 0 Å². The van der Waals surface area contributed by atoms with Crippen molar-refractivity contribution in [2.24, 2.45) is 0 Å². The van der Waals surface area contributed by atoms with Crippen molar-refractivity contribution in [1.82, 2.24) is 10.3 Å². The molecule has 0 amide bonds. The number of methoxy groups -OCH3 is 1. The molecule has 0 spiro atoms. The van der Waals surface area contributed by atoms with E-state index in [0.717, 1.165) is 30.5 Å². The Bertz CT molecular complexity index is 365. The average Bonchev–Trinajstić information content (AvgIpc) is 3.07. The van der Waals surface area contributed by atoms with Crippen LogP contribution in [0, 0.1) is 0 Å². The lowest BCUT2D eigenvalue weighted by Gasteiger charge is -2.20. The third-order valence-corrected chi connectivity index (χ3v) is 4.13. The first-order valence-corrected chi connectivity index (χ1v) is 7.58. The Labute approximate surface area is 113 Å². The van der Waals surface area contributed by atoms with Crippen LogP contribution < -0.4 is 10.2 Å². The van der Waals surface area contributed by atoms with Gasteiger partial charge in [0.25, 0.3) is 0 Å². The lowest BCUT2D eigenvalue weighted by Crippen LogP contribution is -2.29. The van der Waals surface area contributed by atoms with Crippen molar-refractivity contribution in [3.05, 3.63) is 11.1 Å². The first-order valence-electron chi connectivity index (χ1n) is 6.70. The number of ether oxygens (including phenoxy) is 1. The van der Waals surface area contributed by atoms with Gasteiger partial charge in [0, 0.05) is 31.1 Å². The van der Waals surface area contributed by atoms with Crippen LogP contribution in [0.4, 0.5) is 5.13 Å². The molecule has 5 heteroatoms. The summed E-state index contributed by atoms with van der Waals surface area (Å²) >= 11 is 1.75. The topological polar surface area (TPSA) is 37.4 Å². The maximum atomic E-state index is 5.19. The van der Waals surface area contributed by atoms with E-state index >= 15 is 0 Å². The van der Waals surface area contributed by atoms with E-state index in [2.05, 4.69) is 29.4 Å². The van der Waals surface area contributed by atoms with Gasteiger partial charge in [-0.15, -0.1) is 11.3 Å². The van der Waals surface area contributed by atoms with E-state index in [1.165, 1.54) is 12.8 Å². The molecule has 1 aromatic heterocycles. The Kier molecular flexibility index (Phi) is 4.97. The second-order valence-corrected chi connectivity index (χ2v) is 5.59. The highest BCUT2D eigenvalue weighted by Crippen LogP contribution is 2.34. The highest BCUT2D eigenvalue weighted by atomic mass is 32.1. The predicted molar refractivity (Wildman–Crippen MR) is 76.4 cm³/mol. The standard InChI is InChI=1S/C13H23N3OS/c1-4-14-10(2)12-9-18-13(15-12)16(7-8-17-3)11-5-6-11/h9-11,14H,4-8H2,1-3H3. The normalized spacial score (nSPS) is 16.8. The molecule has 1 saturated carbocycles. The monoisotopic (exact) mass is 269 g/mol. The van der Waals surface area contributed by atoms with Gasteiger partial charge in [0.05, 0.1) is 12.3 Å². The van der Waals surface area contributed by atoms with Crippen LogP contribution in [0.2, 0.25) is 0 Å². The molecule has 0 saturated heterocycles. The zero-order valence-corrected chi connectivity index (χ0v) is 12.3. The predicted octanol–water partition coefficient (Wildman–Crippen LogP) is 2.43. The third-order valence-electron chi connectivity index (χ3n) is 3.23. The van der Waals surface area contributed by atoms with E-state index in [1.807, 2.05) is 0 Å². The van der Waals surface area contributed by atoms with Crippen LogP contribution in [-0.2, 0) is 4.74 Å². The Morgan fingerprint density at radius 2 is 2.39 bits per heavy atom. The number of hydrogen-bond acceptors (Lipinski definition) is 5. The third kappa shape index (κ3) is 3.43. The molecule has 0 aromatic carbocycles. The Morgan fingerprint density at radius 3 is 3.00 bits per heavy atom. The lowest BCUT2D eigenvalue weighted by molar-refractivity contribution is 0.205. The summed E-state index contributed by atoms with van der Waals surface area (Å²) in [6, 6.07) is 1.03. The van der Waals surface area contributed by atoms with Crippen LogP contribution >= 0.6 is 11.3 Å². The van der Waals surface area contributed by atoms with Gasteiger partial charge in [0.2, 0.25) is 0 Å². The largest absolute Gasteiger partial charge is 0.383 e. The minimum atomic E-state index is 0.337. The zero-order chi connectivity index (χ0) is 13.0. The van der Waals surface area contributed by atoms with Crippen LogP contribution in [0.1, 0.15) is 38.4 Å². The van der Waals surface area contributed by atoms with E-state index in [4.69, 9.17) is 9.72 Å². The van der Waals surface area contributed by atoms with Crippen molar-refractivity contribution >= 4 is 16.5 Å². The average molecular weight is 269 g/mol. The van der Waals surface area contributed by atoms with E-state index in [-0.39, 0.29) is 0 Å². The molecule has 1 unspecified atom stereocenters. The molecule has 1 heterocycles. The van der Waals surface area contributed by atoms with Crippen LogP contribution in [0.3, 0.4) is 0 Å². The number of nitrogens with one attached hydrogen (secondary N) is 1. The fourth-order valence-electron chi connectivity index (χ4n) is 2.03. The Morgan fingerprint density at radius 1 is 1.61 bits per heavy atom. The molecule has 4 nitrogen and oxygen atoms in total. The van der Waals surface area contributed by atoms with Gasteiger partial charge in [-0.25, -0.2) is 4.98 Å². The molecule has 1 aromatic rings. The van der Waals surface area contributed by atoms with Crippen LogP contribution in [0.15, 0.2) is 5.38 Å². The van der Waals surface area contributed by atoms with Crippen molar-refractivity contribution < 1.29 is 4.74 Å². The van der Waals surface area contributed by atoms with Crippen LogP contribution in [-0.4, -0.2) is 37.8 Å². The van der Waals surface area contributed by atoms with Gasteiger partial charge in [-0.2, -0.15) is 0 Å². The van der Waals surface area contributed by atoms with Crippen LogP contribution in [0.25, 0.3) is 0 Å². The van der Waals surface area contributed by atoms with Gasteiger partial charge in [-0.1, -0.05) is 6.92 Å². The van der Waals surface area contributed by atoms with E-state index in [0.29, 0.717) is 12.1 Å². The number of rotatable bonds is 8. The zero-order valence-electron chi connectivity index (χ0n) is 11.5. The maximum Gasteiger partial charge on any atom is 0.185 e. The minimum absolute atomic E-state index is 0.337. The van der Waals surface area contributed by atoms with E-state index < -0.39 is 0 Å². The number of anilines is 1. The van der Waals surface area contributed by atoms with Crippen molar-refractivity contribution in [3.8, 4) is 0 Å². The molecule has 0 aliphatic heterocycles. The molecule has 1 aliphatic carbocycles. The summed E-state index contributed by atoms with van der Waals surface area (Å²) in [6.45, 7) is 6.99. The minimum Gasteiger partial charge on any atom is -0.383 e. The van der Waals surface area contributed by atoms with E-state index in [1.54, 1.807) is 18.4 Å². The van der Waals surface area contributed by atoms with Gasteiger partial charge in [-0.3, -0.25) is 0 Å². The molecule has 1 atom stereocenters. The second-order valence-electron chi connectivity index (χ2n) is 4.75. The molecule has 102 valence electrons. The summed E-state index contributed by atoms with van der Waals surface area (Å²) in [5.41, 5.74) is 1.15. The first-order chi connectivity index (χ1) is 8.76. The van der Waals surface area contributed by atoms with Crippen molar-refractivity contribution in [1.29, 1.82) is 0 Å². The summed E-state index contributed by atoms with van der Waals surface area (Å²) in [5, 5.41) is 6.72. The maximum absolute atomic E-state index is 5.19. The summed E-state index contributed by atoms with van der Waals surface area (Å²) in [4.78, 5) is 7.17. The lowest BCUT2D eigenvalue weighted by atomic mass is 10.3. The highest BCUT2D eigenvalue weighted by Gasteiger charge is 2.30. The molecule has 1 aliphatic rings. The summed E-state index contributed by atoms with van der Waals surface area (Å²) in [7, 11) is 1.76. The molecule has 1 N–H and O–H groups in total. The molecule has 2 rings (SSSR count). The van der Waals surface area contributed by atoms with Gasteiger partial charge in [0.1, 0.15) is 0 Å². The summed E-state index contributed by atoms with van der Waals surface area (Å²) in [6.07, 6.45) is 2.59. The number of nitrogens with zero attached hydrogens (tertiary/aromatic N) is 2.